The second kappa shape index (κ2) is 7.66. The van der Waals surface area contributed by atoms with Crippen LogP contribution in [0.15, 0.2) is 23.4 Å². The highest BCUT2D eigenvalue weighted by Crippen LogP contribution is 2.27. The molecule has 0 radical (unpaired) electrons. The fourth-order valence-electron chi connectivity index (χ4n) is 2.75. The Hall–Kier alpha value is -1.27. The van der Waals surface area contributed by atoms with Crippen LogP contribution < -0.4 is 11.1 Å². The third-order valence-electron chi connectivity index (χ3n) is 4.04. The Morgan fingerprint density at radius 1 is 1.43 bits per heavy atom. The first kappa shape index (κ1) is 16.1. The molecule has 1 aromatic rings. The Kier molecular flexibility index (Phi) is 5.87. The van der Waals surface area contributed by atoms with Gasteiger partial charge in [0.2, 0.25) is 0 Å². The molecule has 6 heteroatoms. The molecule has 0 aliphatic heterocycles. The molecule has 0 atom stereocenters. The number of thioether (sulfide) groups is 1. The van der Waals surface area contributed by atoms with E-state index in [-0.39, 0.29) is 11.7 Å². The third-order valence-corrected chi connectivity index (χ3v) is 5.18. The molecule has 0 aromatic heterocycles. The van der Waals surface area contributed by atoms with Crippen LogP contribution in [0.25, 0.3) is 0 Å². The highest BCUT2D eigenvalue weighted by atomic mass is 32.2. The highest BCUT2D eigenvalue weighted by molar-refractivity contribution is 7.99. The van der Waals surface area contributed by atoms with Gasteiger partial charge in [-0.25, -0.2) is 4.39 Å². The number of amidine groups is 1. The number of benzene rings is 1. The van der Waals surface area contributed by atoms with Gasteiger partial charge in [-0.2, -0.15) is 11.8 Å². The molecule has 1 aromatic carbocycles. The van der Waals surface area contributed by atoms with Crippen molar-refractivity contribution in [3.63, 3.8) is 0 Å². The standard InChI is InChI=1S/C15H22FN3OS/c1-21-13-6-4-12(5-7-13)18-9-10-2-3-11(16)8-14(10)15(17)19-20/h2-3,8,12-13,18,20H,4-7,9H2,1H3,(H2,17,19). The van der Waals surface area contributed by atoms with E-state index in [1.54, 1.807) is 6.07 Å². The molecule has 21 heavy (non-hydrogen) atoms. The number of nitrogens with two attached hydrogens (primary N) is 1. The third kappa shape index (κ3) is 4.35. The number of hydrogen-bond acceptors (Lipinski definition) is 4. The second-order valence-electron chi connectivity index (χ2n) is 5.38. The minimum absolute atomic E-state index is 0.0580. The molecule has 0 spiro atoms. The van der Waals surface area contributed by atoms with Crippen molar-refractivity contribution >= 4 is 17.6 Å². The van der Waals surface area contributed by atoms with Gasteiger partial charge in [0.15, 0.2) is 5.84 Å². The zero-order valence-corrected chi connectivity index (χ0v) is 13.0. The predicted molar refractivity (Wildman–Crippen MR) is 85.3 cm³/mol. The van der Waals surface area contributed by atoms with Crippen LogP contribution in [-0.4, -0.2) is 28.6 Å². The number of rotatable bonds is 5. The maximum atomic E-state index is 13.3. The number of halogens is 1. The van der Waals surface area contributed by atoms with E-state index in [1.165, 1.54) is 25.0 Å². The molecule has 0 amide bonds. The molecule has 116 valence electrons. The lowest BCUT2D eigenvalue weighted by molar-refractivity contribution is 0.318. The molecule has 1 fully saturated rings. The fourth-order valence-corrected chi connectivity index (χ4v) is 3.50. The SMILES string of the molecule is CSC1CCC(NCc2ccc(F)cc2/C(N)=N/O)CC1. The largest absolute Gasteiger partial charge is 0.409 e. The minimum Gasteiger partial charge on any atom is -0.409 e. The highest BCUT2D eigenvalue weighted by Gasteiger charge is 2.20. The summed E-state index contributed by atoms with van der Waals surface area (Å²) in [7, 11) is 0. The van der Waals surface area contributed by atoms with Crippen LogP contribution in [0.2, 0.25) is 0 Å². The Morgan fingerprint density at radius 3 is 2.76 bits per heavy atom. The smallest absolute Gasteiger partial charge is 0.170 e. The molecular formula is C15H22FN3OS. The van der Waals surface area contributed by atoms with Gasteiger partial charge in [0.1, 0.15) is 5.82 Å². The zero-order valence-electron chi connectivity index (χ0n) is 12.2. The van der Waals surface area contributed by atoms with E-state index < -0.39 is 0 Å². The van der Waals surface area contributed by atoms with E-state index in [9.17, 15) is 4.39 Å². The van der Waals surface area contributed by atoms with Crippen molar-refractivity contribution in [3.05, 3.63) is 35.1 Å². The van der Waals surface area contributed by atoms with E-state index in [2.05, 4.69) is 16.7 Å². The van der Waals surface area contributed by atoms with Gasteiger partial charge in [-0.05, 0) is 49.6 Å². The quantitative estimate of drug-likeness (QED) is 0.338. The number of oxime groups is 1. The lowest BCUT2D eigenvalue weighted by atomic mass is 9.94. The fraction of sp³-hybridized carbons (Fsp3) is 0.533. The van der Waals surface area contributed by atoms with Crippen molar-refractivity contribution < 1.29 is 9.60 Å². The van der Waals surface area contributed by atoms with Gasteiger partial charge in [0.25, 0.3) is 0 Å². The zero-order chi connectivity index (χ0) is 15.2. The van der Waals surface area contributed by atoms with Crippen molar-refractivity contribution in [1.82, 2.24) is 5.32 Å². The molecule has 2 rings (SSSR count). The van der Waals surface area contributed by atoms with Gasteiger partial charge >= 0.3 is 0 Å². The maximum absolute atomic E-state index is 13.3. The van der Waals surface area contributed by atoms with Crippen molar-refractivity contribution in [2.75, 3.05) is 6.26 Å². The molecular weight excluding hydrogens is 289 g/mol. The summed E-state index contributed by atoms with van der Waals surface area (Å²) in [5, 5.41) is 16.0. The summed E-state index contributed by atoms with van der Waals surface area (Å²) in [6.07, 6.45) is 6.95. The summed E-state index contributed by atoms with van der Waals surface area (Å²) in [5.74, 6) is -0.446. The second-order valence-corrected chi connectivity index (χ2v) is 6.52. The van der Waals surface area contributed by atoms with Crippen LogP contribution in [0, 0.1) is 5.82 Å². The summed E-state index contributed by atoms with van der Waals surface area (Å²) < 4.78 is 13.3. The molecule has 4 N–H and O–H groups in total. The van der Waals surface area contributed by atoms with Crippen molar-refractivity contribution in [1.29, 1.82) is 0 Å². The summed E-state index contributed by atoms with van der Waals surface area (Å²) in [6, 6.07) is 4.87. The average molecular weight is 311 g/mol. The first-order valence-electron chi connectivity index (χ1n) is 7.16. The summed E-state index contributed by atoms with van der Waals surface area (Å²) in [6.45, 7) is 0.598. The Morgan fingerprint density at radius 2 is 2.14 bits per heavy atom. The number of nitrogens with one attached hydrogen (secondary N) is 1. The van der Waals surface area contributed by atoms with E-state index in [4.69, 9.17) is 10.9 Å². The molecule has 4 nitrogen and oxygen atoms in total. The Balaban J connectivity index is 1.97. The molecule has 1 aliphatic rings. The van der Waals surface area contributed by atoms with E-state index in [0.717, 1.165) is 23.7 Å². The van der Waals surface area contributed by atoms with Gasteiger partial charge in [-0.1, -0.05) is 11.2 Å². The van der Waals surface area contributed by atoms with Crippen molar-refractivity contribution in [2.45, 2.75) is 43.5 Å². The van der Waals surface area contributed by atoms with Gasteiger partial charge < -0.3 is 16.3 Å². The molecule has 0 heterocycles. The minimum atomic E-state index is -0.388. The lowest BCUT2D eigenvalue weighted by Gasteiger charge is -2.28. The van der Waals surface area contributed by atoms with E-state index in [0.29, 0.717) is 18.2 Å². The number of nitrogens with zero attached hydrogens (tertiary/aromatic N) is 1. The first-order chi connectivity index (χ1) is 10.1. The van der Waals surface area contributed by atoms with Crippen molar-refractivity contribution in [3.8, 4) is 0 Å². The molecule has 1 saturated carbocycles. The van der Waals surface area contributed by atoms with Crippen LogP contribution in [0.4, 0.5) is 4.39 Å². The van der Waals surface area contributed by atoms with Crippen LogP contribution in [0.1, 0.15) is 36.8 Å². The predicted octanol–water partition coefficient (Wildman–Crippen LogP) is 2.68. The Labute approximate surface area is 129 Å². The Bertz CT molecular complexity index is 502. The number of hydrogen-bond donors (Lipinski definition) is 3. The molecule has 0 unspecified atom stereocenters. The topological polar surface area (TPSA) is 70.6 Å². The first-order valence-corrected chi connectivity index (χ1v) is 8.45. The van der Waals surface area contributed by atoms with Gasteiger partial charge in [-0.15, -0.1) is 0 Å². The van der Waals surface area contributed by atoms with Crippen LogP contribution in [-0.2, 0) is 6.54 Å². The molecule has 0 bridgehead atoms. The summed E-state index contributed by atoms with van der Waals surface area (Å²) in [5.41, 5.74) is 6.90. The maximum Gasteiger partial charge on any atom is 0.170 e. The summed E-state index contributed by atoms with van der Waals surface area (Å²) >= 11 is 1.94. The summed E-state index contributed by atoms with van der Waals surface area (Å²) in [4.78, 5) is 0. The van der Waals surface area contributed by atoms with Gasteiger partial charge in [-0.3, -0.25) is 0 Å². The lowest BCUT2D eigenvalue weighted by Crippen LogP contribution is -2.34. The van der Waals surface area contributed by atoms with Crippen LogP contribution >= 0.6 is 11.8 Å². The van der Waals surface area contributed by atoms with Crippen LogP contribution in [0.3, 0.4) is 0 Å². The van der Waals surface area contributed by atoms with Gasteiger partial charge in [0.05, 0.1) is 0 Å². The van der Waals surface area contributed by atoms with Crippen molar-refractivity contribution in [2.24, 2.45) is 10.9 Å². The molecule has 1 aliphatic carbocycles. The van der Waals surface area contributed by atoms with Crippen LogP contribution in [0.5, 0.6) is 0 Å². The van der Waals surface area contributed by atoms with Gasteiger partial charge in [0, 0.05) is 23.4 Å². The van der Waals surface area contributed by atoms with E-state index >= 15 is 0 Å². The van der Waals surface area contributed by atoms with E-state index in [1.807, 2.05) is 11.8 Å². The normalized spacial score (nSPS) is 23.2. The average Bonchev–Trinajstić information content (AvgIpc) is 2.53. The monoisotopic (exact) mass is 311 g/mol. The molecule has 0 saturated heterocycles.